The number of amides is 2. The van der Waals surface area contributed by atoms with E-state index in [9.17, 15) is 32.3 Å². The molecule has 2 fully saturated rings. The van der Waals surface area contributed by atoms with Gasteiger partial charge in [0.1, 0.15) is 0 Å². The zero-order valence-electron chi connectivity index (χ0n) is 19.3. The lowest BCUT2D eigenvalue weighted by Crippen LogP contribution is -2.51. The van der Waals surface area contributed by atoms with Gasteiger partial charge in [-0.1, -0.05) is 48.5 Å². The summed E-state index contributed by atoms with van der Waals surface area (Å²) in [5.74, 6) is -5.70. The summed E-state index contributed by atoms with van der Waals surface area (Å²) in [6, 6.07) is 16.7. The fraction of sp³-hybridized carbons (Fsp3) is 0.214. The number of carbonyl (C=O) groups is 4. The molecular weight excluding hydrogens is 487 g/mol. The van der Waals surface area contributed by atoms with Crippen molar-refractivity contribution in [2.75, 3.05) is 4.90 Å². The molecule has 0 saturated carbocycles. The number of rotatable bonds is 2. The van der Waals surface area contributed by atoms with E-state index in [1.165, 1.54) is 12.1 Å². The average Bonchev–Trinajstić information content (AvgIpc) is 3.44. The Morgan fingerprint density at radius 3 is 1.92 bits per heavy atom. The molecule has 0 unspecified atom stereocenters. The molecule has 6 rings (SSSR count). The van der Waals surface area contributed by atoms with Crippen molar-refractivity contribution in [2.45, 2.75) is 24.8 Å². The maximum Gasteiger partial charge on any atom is 0.416 e. The number of ketones is 2. The van der Waals surface area contributed by atoms with E-state index in [1.807, 2.05) is 0 Å². The van der Waals surface area contributed by atoms with Crippen LogP contribution >= 0.6 is 0 Å². The van der Waals surface area contributed by atoms with Crippen molar-refractivity contribution in [3.8, 4) is 0 Å². The van der Waals surface area contributed by atoms with Crippen molar-refractivity contribution in [3.63, 3.8) is 0 Å². The number of ether oxygens (including phenoxy) is 1. The summed E-state index contributed by atoms with van der Waals surface area (Å²) in [6.07, 6.45) is -5.69. The van der Waals surface area contributed by atoms with Crippen molar-refractivity contribution in [2.24, 2.45) is 11.8 Å². The van der Waals surface area contributed by atoms with Gasteiger partial charge >= 0.3 is 6.18 Å². The van der Waals surface area contributed by atoms with E-state index in [0.29, 0.717) is 5.56 Å². The third kappa shape index (κ3) is 3.03. The summed E-state index contributed by atoms with van der Waals surface area (Å²) in [5, 5.41) is 0. The van der Waals surface area contributed by atoms with Gasteiger partial charge in [0.25, 0.3) is 0 Å². The topological polar surface area (TPSA) is 80.8 Å². The van der Waals surface area contributed by atoms with Crippen molar-refractivity contribution in [3.05, 3.63) is 101 Å². The lowest BCUT2D eigenvalue weighted by Gasteiger charge is -2.27. The smallest absolute Gasteiger partial charge is 0.349 e. The van der Waals surface area contributed by atoms with Gasteiger partial charge in [-0.15, -0.1) is 0 Å². The number of alkyl halides is 3. The van der Waals surface area contributed by atoms with Gasteiger partial charge in [-0.25, -0.2) is 4.90 Å². The largest absolute Gasteiger partial charge is 0.416 e. The van der Waals surface area contributed by atoms with Crippen LogP contribution in [0.5, 0.6) is 0 Å². The molecule has 0 radical (unpaired) electrons. The lowest BCUT2D eigenvalue weighted by molar-refractivity contribution is -0.137. The number of anilines is 1. The molecule has 1 spiro atoms. The van der Waals surface area contributed by atoms with Gasteiger partial charge in [0, 0.05) is 11.1 Å². The summed E-state index contributed by atoms with van der Waals surface area (Å²) in [4.78, 5) is 55.9. The molecule has 0 aromatic heterocycles. The molecule has 1 aliphatic carbocycles. The molecule has 6 nitrogen and oxygen atoms in total. The molecule has 2 aliphatic heterocycles. The summed E-state index contributed by atoms with van der Waals surface area (Å²) >= 11 is 0. The number of hydrogen-bond donors (Lipinski definition) is 0. The molecule has 0 N–H and O–H groups in total. The van der Waals surface area contributed by atoms with E-state index >= 15 is 0 Å². The zero-order chi connectivity index (χ0) is 26.3. The van der Waals surface area contributed by atoms with Gasteiger partial charge in [0.2, 0.25) is 29.0 Å². The molecule has 186 valence electrons. The Hall–Kier alpha value is -4.11. The number of fused-ring (bicyclic) bond motifs is 3. The Bertz CT molecular complexity index is 1480. The van der Waals surface area contributed by atoms with Crippen LogP contribution in [0.4, 0.5) is 18.9 Å². The monoisotopic (exact) mass is 505 g/mol. The number of carbonyl (C=O) groups excluding carboxylic acids is 4. The molecule has 3 aliphatic rings. The van der Waals surface area contributed by atoms with Crippen molar-refractivity contribution < 1.29 is 37.1 Å². The Labute approximate surface area is 208 Å². The first-order chi connectivity index (χ1) is 17.6. The molecule has 3 atom stereocenters. The second-order valence-corrected chi connectivity index (χ2v) is 9.39. The highest BCUT2D eigenvalue weighted by Gasteiger charge is 2.74. The third-order valence-corrected chi connectivity index (χ3v) is 7.47. The molecule has 9 heteroatoms. The first-order valence-electron chi connectivity index (χ1n) is 11.5. The zero-order valence-corrected chi connectivity index (χ0v) is 19.3. The van der Waals surface area contributed by atoms with Crippen LogP contribution in [0.2, 0.25) is 0 Å². The van der Waals surface area contributed by atoms with Gasteiger partial charge in [-0.3, -0.25) is 19.2 Å². The second kappa shape index (κ2) is 7.69. The average molecular weight is 505 g/mol. The number of halogens is 3. The number of hydrogen-bond acceptors (Lipinski definition) is 5. The summed E-state index contributed by atoms with van der Waals surface area (Å²) < 4.78 is 45.5. The van der Waals surface area contributed by atoms with Crippen molar-refractivity contribution in [1.82, 2.24) is 0 Å². The van der Waals surface area contributed by atoms with E-state index in [-0.39, 0.29) is 16.8 Å². The maximum atomic E-state index is 13.8. The normalized spacial score (nSPS) is 24.2. The molecule has 2 heterocycles. The fourth-order valence-corrected chi connectivity index (χ4v) is 5.76. The predicted octanol–water partition coefficient (Wildman–Crippen LogP) is 4.71. The fourth-order valence-electron chi connectivity index (χ4n) is 5.76. The van der Waals surface area contributed by atoms with Crippen molar-refractivity contribution >= 4 is 29.1 Å². The van der Waals surface area contributed by atoms with Gasteiger partial charge < -0.3 is 4.74 Å². The van der Waals surface area contributed by atoms with Crippen LogP contribution in [0.25, 0.3) is 0 Å². The van der Waals surface area contributed by atoms with Crippen molar-refractivity contribution in [1.29, 1.82) is 0 Å². The molecule has 2 saturated heterocycles. The SMILES string of the molecule is Cc1ccccc1[C@@H]1OC2(C(=O)c3ccccc3C2=O)[C@H]2C(=O)N(c3ccc(C(F)(F)F)cc3)C(=O)[C@H]12. The summed E-state index contributed by atoms with van der Waals surface area (Å²) in [5.41, 5.74) is -1.78. The van der Waals surface area contributed by atoms with E-state index in [4.69, 9.17) is 4.74 Å². The van der Waals surface area contributed by atoms with Crippen LogP contribution in [0.15, 0.2) is 72.8 Å². The molecule has 37 heavy (non-hydrogen) atoms. The highest BCUT2D eigenvalue weighted by atomic mass is 19.4. The van der Waals surface area contributed by atoms with Gasteiger partial charge in [0.15, 0.2) is 0 Å². The molecule has 3 aromatic rings. The summed E-state index contributed by atoms with van der Waals surface area (Å²) in [7, 11) is 0. The Kier molecular flexibility index (Phi) is 4.84. The van der Waals surface area contributed by atoms with Crippen LogP contribution in [-0.4, -0.2) is 29.0 Å². The molecule has 3 aromatic carbocycles. The van der Waals surface area contributed by atoms with E-state index < -0.39 is 58.7 Å². The quantitative estimate of drug-likeness (QED) is 0.372. The number of nitrogens with zero attached hydrogens (tertiary/aromatic N) is 1. The molecule has 0 bridgehead atoms. The highest BCUT2D eigenvalue weighted by Crippen LogP contribution is 2.58. The first-order valence-corrected chi connectivity index (χ1v) is 11.5. The van der Waals surface area contributed by atoms with Gasteiger partial charge in [-0.05, 0) is 42.3 Å². The number of imide groups is 1. The third-order valence-electron chi connectivity index (χ3n) is 7.47. The second-order valence-electron chi connectivity index (χ2n) is 9.39. The van der Waals surface area contributed by atoms with Gasteiger partial charge in [0.05, 0.1) is 29.2 Å². The number of aryl methyl sites for hydroxylation is 1. The van der Waals surface area contributed by atoms with Crippen LogP contribution in [0.3, 0.4) is 0 Å². The van der Waals surface area contributed by atoms with Gasteiger partial charge in [-0.2, -0.15) is 13.2 Å². The number of Topliss-reactive ketones (excluding diaryl/α,β-unsaturated/α-hetero) is 2. The molecular formula is C28H18F3NO5. The standard InChI is InChI=1S/C28H18F3NO5/c1-14-6-2-3-7-17(14)22-20-21(27(37-22)23(33)18-8-4-5-9-19(18)24(27)34)26(36)32(25(20)35)16-12-10-15(11-13-16)28(29,30)31/h2-13,20-22H,1H3/t20-,21+,22-/m0/s1. The number of benzene rings is 3. The van der Waals surface area contributed by atoms with E-state index in [0.717, 1.165) is 34.7 Å². The van der Waals surface area contributed by atoms with Crippen LogP contribution in [0.1, 0.15) is 43.5 Å². The predicted molar refractivity (Wildman–Crippen MR) is 124 cm³/mol. The van der Waals surface area contributed by atoms with Crippen LogP contribution < -0.4 is 4.90 Å². The van der Waals surface area contributed by atoms with Crippen LogP contribution in [-0.2, 0) is 20.5 Å². The first kappa shape index (κ1) is 23.3. The molecule has 2 amide bonds. The Morgan fingerprint density at radius 1 is 0.784 bits per heavy atom. The van der Waals surface area contributed by atoms with Crippen LogP contribution in [0, 0.1) is 18.8 Å². The minimum absolute atomic E-state index is 0.0773. The van der Waals surface area contributed by atoms with E-state index in [2.05, 4.69) is 0 Å². The summed E-state index contributed by atoms with van der Waals surface area (Å²) in [6.45, 7) is 1.78. The maximum absolute atomic E-state index is 13.8. The Balaban J connectivity index is 1.51. The lowest BCUT2D eigenvalue weighted by atomic mass is 9.77. The minimum Gasteiger partial charge on any atom is -0.349 e. The van der Waals surface area contributed by atoms with E-state index in [1.54, 1.807) is 43.3 Å². The highest BCUT2D eigenvalue weighted by molar-refractivity contribution is 6.37. The minimum atomic E-state index is -4.60. The Morgan fingerprint density at radius 2 is 1.35 bits per heavy atom.